The third-order valence-corrected chi connectivity index (χ3v) is 4.55. The van der Waals surface area contributed by atoms with Crippen molar-refractivity contribution in [2.45, 2.75) is 58.0 Å². The van der Waals surface area contributed by atoms with Gasteiger partial charge in [0.1, 0.15) is 6.10 Å². The van der Waals surface area contributed by atoms with Crippen molar-refractivity contribution in [3.8, 4) is 5.75 Å². The summed E-state index contributed by atoms with van der Waals surface area (Å²) < 4.78 is 32.7. The van der Waals surface area contributed by atoms with E-state index in [2.05, 4.69) is 0 Å². The van der Waals surface area contributed by atoms with Crippen molar-refractivity contribution in [2.75, 3.05) is 0 Å². The van der Waals surface area contributed by atoms with Gasteiger partial charge in [0.25, 0.3) is 0 Å². The molecule has 1 aliphatic rings. The van der Waals surface area contributed by atoms with Gasteiger partial charge in [-0.15, -0.1) is 0 Å². The number of aromatic hydroxyl groups is 1. The fourth-order valence-electron chi connectivity index (χ4n) is 3.40. The highest BCUT2D eigenvalue weighted by atomic mass is 19.2. The number of carbonyl (C=O) groups is 1. The predicted octanol–water partition coefficient (Wildman–Crippen LogP) is 4.29. The molecule has 1 atom stereocenters. The van der Waals surface area contributed by atoms with Crippen LogP contribution in [0.3, 0.4) is 0 Å². The SMILES string of the molecule is CCC(OC(C)=O)C1CCC(c2ccc(O)c(F)c2F)CC1. The van der Waals surface area contributed by atoms with Gasteiger partial charge in [-0.3, -0.25) is 4.79 Å². The van der Waals surface area contributed by atoms with Crippen molar-refractivity contribution in [2.24, 2.45) is 5.92 Å². The van der Waals surface area contributed by atoms with E-state index < -0.39 is 17.4 Å². The molecule has 0 radical (unpaired) electrons. The average molecular weight is 312 g/mol. The van der Waals surface area contributed by atoms with Crippen LogP contribution in [0.25, 0.3) is 0 Å². The Morgan fingerprint density at radius 2 is 1.91 bits per heavy atom. The summed E-state index contributed by atoms with van der Waals surface area (Å²) in [7, 11) is 0. The maximum atomic E-state index is 13.9. The lowest BCUT2D eigenvalue weighted by Crippen LogP contribution is -2.29. The van der Waals surface area contributed by atoms with Crippen LogP contribution >= 0.6 is 0 Å². The van der Waals surface area contributed by atoms with Crippen molar-refractivity contribution in [3.63, 3.8) is 0 Å². The molecule has 122 valence electrons. The molecule has 1 N–H and O–H groups in total. The zero-order valence-electron chi connectivity index (χ0n) is 12.9. The Hall–Kier alpha value is -1.65. The third-order valence-electron chi connectivity index (χ3n) is 4.55. The van der Waals surface area contributed by atoms with E-state index in [-0.39, 0.29) is 23.9 Å². The minimum absolute atomic E-state index is 0.0545. The topological polar surface area (TPSA) is 46.5 Å². The number of ether oxygens (including phenoxy) is 1. The Morgan fingerprint density at radius 1 is 1.27 bits per heavy atom. The molecule has 1 aliphatic carbocycles. The zero-order valence-corrected chi connectivity index (χ0v) is 12.9. The molecule has 0 saturated heterocycles. The summed E-state index contributed by atoms with van der Waals surface area (Å²) in [5.41, 5.74) is 0.328. The Balaban J connectivity index is 2.03. The number of carbonyl (C=O) groups excluding carboxylic acids is 1. The van der Waals surface area contributed by atoms with Crippen molar-refractivity contribution >= 4 is 5.97 Å². The number of hydrogen-bond acceptors (Lipinski definition) is 3. The summed E-state index contributed by atoms with van der Waals surface area (Å²) in [5, 5.41) is 9.19. The molecule has 0 spiro atoms. The summed E-state index contributed by atoms with van der Waals surface area (Å²) in [6, 6.07) is 2.66. The quantitative estimate of drug-likeness (QED) is 0.844. The van der Waals surface area contributed by atoms with Crippen LogP contribution in [0.2, 0.25) is 0 Å². The van der Waals surface area contributed by atoms with Gasteiger partial charge < -0.3 is 9.84 Å². The second-order valence-corrected chi connectivity index (χ2v) is 5.97. The maximum Gasteiger partial charge on any atom is 0.302 e. The highest BCUT2D eigenvalue weighted by molar-refractivity contribution is 5.66. The number of halogens is 2. The minimum Gasteiger partial charge on any atom is -0.505 e. The van der Waals surface area contributed by atoms with Crippen LogP contribution in [0.1, 0.15) is 57.4 Å². The second-order valence-electron chi connectivity index (χ2n) is 5.97. The number of rotatable bonds is 4. The van der Waals surface area contributed by atoms with E-state index in [0.717, 1.165) is 32.1 Å². The summed E-state index contributed by atoms with van der Waals surface area (Å²) in [6.45, 7) is 3.39. The van der Waals surface area contributed by atoms with Gasteiger partial charge in [-0.05, 0) is 55.6 Å². The molecule has 0 aliphatic heterocycles. The van der Waals surface area contributed by atoms with Gasteiger partial charge >= 0.3 is 5.97 Å². The molecule has 0 aromatic heterocycles. The molecule has 0 heterocycles. The predicted molar refractivity (Wildman–Crippen MR) is 78.6 cm³/mol. The van der Waals surface area contributed by atoms with Gasteiger partial charge in [-0.25, -0.2) is 4.39 Å². The smallest absolute Gasteiger partial charge is 0.302 e. The Kier molecular flexibility index (Phi) is 5.37. The van der Waals surface area contributed by atoms with Gasteiger partial charge in [0.05, 0.1) is 0 Å². The minimum atomic E-state index is -1.18. The average Bonchev–Trinajstić information content (AvgIpc) is 2.51. The Labute approximate surface area is 129 Å². The van der Waals surface area contributed by atoms with Crippen molar-refractivity contribution in [3.05, 3.63) is 29.3 Å². The molecule has 1 saturated carbocycles. The van der Waals surface area contributed by atoms with Gasteiger partial charge in [0, 0.05) is 6.92 Å². The van der Waals surface area contributed by atoms with Crippen LogP contribution in [-0.4, -0.2) is 17.2 Å². The first-order valence-corrected chi connectivity index (χ1v) is 7.78. The summed E-state index contributed by atoms with van der Waals surface area (Å²) in [5.74, 6) is -2.84. The number of phenolic OH excluding ortho intramolecular Hbond substituents is 1. The first kappa shape index (κ1) is 16.7. The third kappa shape index (κ3) is 3.57. The van der Waals surface area contributed by atoms with E-state index in [1.54, 1.807) is 0 Å². The van der Waals surface area contributed by atoms with Crippen LogP contribution in [0.4, 0.5) is 8.78 Å². The number of benzene rings is 1. The largest absolute Gasteiger partial charge is 0.505 e. The van der Waals surface area contributed by atoms with Gasteiger partial charge in [0.15, 0.2) is 11.6 Å². The Morgan fingerprint density at radius 3 is 2.45 bits per heavy atom. The van der Waals surface area contributed by atoms with E-state index in [0.29, 0.717) is 5.56 Å². The molecule has 0 amide bonds. The van der Waals surface area contributed by atoms with Crippen LogP contribution in [0.5, 0.6) is 5.75 Å². The molecule has 1 aromatic rings. The summed E-state index contributed by atoms with van der Waals surface area (Å²) in [4.78, 5) is 11.1. The van der Waals surface area contributed by atoms with Crippen molar-refractivity contribution in [1.82, 2.24) is 0 Å². The second kappa shape index (κ2) is 7.07. The van der Waals surface area contributed by atoms with E-state index >= 15 is 0 Å². The van der Waals surface area contributed by atoms with Crippen LogP contribution < -0.4 is 0 Å². The molecule has 1 fully saturated rings. The molecule has 0 bridgehead atoms. The van der Waals surface area contributed by atoms with E-state index in [1.165, 1.54) is 19.1 Å². The van der Waals surface area contributed by atoms with Crippen LogP contribution in [0, 0.1) is 17.6 Å². The molecular weight excluding hydrogens is 290 g/mol. The number of hydrogen-bond donors (Lipinski definition) is 1. The molecular formula is C17H22F2O3. The maximum absolute atomic E-state index is 13.9. The van der Waals surface area contributed by atoms with E-state index in [4.69, 9.17) is 4.74 Å². The monoisotopic (exact) mass is 312 g/mol. The van der Waals surface area contributed by atoms with Gasteiger partial charge in [0.2, 0.25) is 5.82 Å². The molecule has 22 heavy (non-hydrogen) atoms. The van der Waals surface area contributed by atoms with E-state index in [1.807, 2.05) is 6.92 Å². The van der Waals surface area contributed by atoms with Crippen LogP contribution in [0.15, 0.2) is 12.1 Å². The number of phenols is 1. The molecule has 5 heteroatoms. The molecule has 3 nitrogen and oxygen atoms in total. The molecule has 1 unspecified atom stereocenters. The van der Waals surface area contributed by atoms with Crippen molar-refractivity contribution in [1.29, 1.82) is 0 Å². The zero-order chi connectivity index (χ0) is 16.3. The van der Waals surface area contributed by atoms with Crippen LogP contribution in [-0.2, 0) is 9.53 Å². The van der Waals surface area contributed by atoms with E-state index in [9.17, 15) is 18.7 Å². The highest BCUT2D eigenvalue weighted by Gasteiger charge is 2.31. The lowest BCUT2D eigenvalue weighted by Gasteiger charge is -2.33. The lowest BCUT2D eigenvalue weighted by atomic mass is 9.76. The first-order valence-electron chi connectivity index (χ1n) is 7.78. The lowest BCUT2D eigenvalue weighted by molar-refractivity contribution is -0.150. The fraction of sp³-hybridized carbons (Fsp3) is 0.588. The van der Waals surface area contributed by atoms with Gasteiger partial charge in [-0.2, -0.15) is 4.39 Å². The molecule has 2 rings (SSSR count). The highest BCUT2D eigenvalue weighted by Crippen LogP contribution is 2.40. The molecule has 1 aromatic carbocycles. The van der Waals surface area contributed by atoms with Crippen molar-refractivity contribution < 1.29 is 23.4 Å². The standard InChI is InChI=1S/C17H22F2O3/c1-3-15(22-10(2)20)12-6-4-11(5-7-12)13-8-9-14(21)17(19)16(13)18/h8-9,11-12,15,21H,3-7H2,1-2H3. The summed E-state index contributed by atoms with van der Waals surface area (Å²) >= 11 is 0. The number of esters is 1. The fourth-order valence-corrected chi connectivity index (χ4v) is 3.40. The first-order chi connectivity index (χ1) is 10.4. The normalized spacial score (nSPS) is 23.1. The summed E-state index contributed by atoms with van der Waals surface area (Å²) in [6.07, 6.45) is 3.75. The van der Waals surface area contributed by atoms with Gasteiger partial charge in [-0.1, -0.05) is 13.0 Å². The Bertz CT molecular complexity index is 537.